The number of anilines is 1. The van der Waals surface area contributed by atoms with E-state index in [0.29, 0.717) is 11.2 Å². The second-order valence-electron chi connectivity index (χ2n) is 3.95. The van der Waals surface area contributed by atoms with Crippen molar-refractivity contribution >= 4 is 17.6 Å². The Morgan fingerprint density at radius 3 is 2.80 bits per heavy atom. The van der Waals surface area contributed by atoms with E-state index < -0.39 is 0 Å². The van der Waals surface area contributed by atoms with Crippen molar-refractivity contribution < 1.29 is 0 Å². The van der Waals surface area contributed by atoms with Crippen LogP contribution in [0, 0.1) is 5.92 Å². The summed E-state index contributed by atoms with van der Waals surface area (Å²) in [7, 11) is 0. The predicted molar refractivity (Wildman–Crippen MR) is 67.6 cm³/mol. The van der Waals surface area contributed by atoms with E-state index in [0.717, 1.165) is 11.6 Å². The maximum absolute atomic E-state index is 5.30. The minimum atomic E-state index is 0.674. The molecule has 1 unspecified atom stereocenters. The molecule has 1 atom stereocenters. The molecule has 0 amide bonds. The molecule has 0 aliphatic heterocycles. The van der Waals surface area contributed by atoms with Gasteiger partial charge in [-0.15, -0.1) is 0 Å². The number of nitrogen functional groups attached to an aromatic ring is 1. The fraction of sp³-hybridized carbons (Fsp3) is 0.545. The summed E-state index contributed by atoms with van der Waals surface area (Å²) in [6.07, 6.45) is 1.78. The Balaban J connectivity index is 2.50. The molecule has 0 spiro atoms. The van der Waals surface area contributed by atoms with Gasteiger partial charge < -0.3 is 5.43 Å². The third-order valence-electron chi connectivity index (χ3n) is 2.42. The average Bonchev–Trinajstić information content (AvgIpc) is 2.26. The van der Waals surface area contributed by atoms with Crippen molar-refractivity contribution in [2.75, 3.05) is 5.43 Å². The topological polar surface area (TPSA) is 50.9 Å². The van der Waals surface area contributed by atoms with Crippen LogP contribution in [0.25, 0.3) is 0 Å². The van der Waals surface area contributed by atoms with E-state index in [1.807, 2.05) is 23.9 Å². The Hall–Kier alpha value is -0.740. The van der Waals surface area contributed by atoms with Gasteiger partial charge in [0.05, 0.1) is 0 Å². The molecule has 0 saturated heterocycles. The third-order valence-corrected chi connectivity index (χ3v) is 3.99. The highest BCUT2D eigenvalue weighted by Crippen LogP contribution is 2.23. The zero-order chi connectivity index (χ0) is 11.3. The smallest absolute Gasteiger partial charge is 0.140 e. The first-order valence-electron chi connectivity index (χ1n) is 5.16. The summed E-state index contributed by atoms with van der Waals surface area (Å²) in [4.78, 5) is 4.07. The van der Waals surface area contributed by atoms with Crippen LogP contribution in [0.1, 0.15) is 26.3 Å². The number of nitrogens with two attached hydrogens (primary N) is 1. The van der Waals surface area contributed by atoms with Crippen LogP contribution >= 0.6 is 11.8 Å². The zero-order valence-electron chi connectivity index (χ0n) is 9.53. The molecule has 0 fully saturated rings. The highest BCUT2D eigenvalue weighted by Gasteiger charge is 2.07. The minimum Gasteiger partial charge on any atom is -0.308 e. The molecule has 84 valence electrons. The molecule has 1 aromatic rings. The Morgan fingerprint density at radius 1 is 1.47 bits per heavy atom. The van der Waals surface area contributed by atoms with Crippen molar-refractivity contribution in [2.45, 2.75) is 31.8 Å². The highest BCUT2D eigenvalue weighted by atomic mass is 32.2. The van der Waals surface area contributed by atoms with Crippen molar-refractivity contribution in [1.29, 1.82) is 0 Å². The van der Waals surface area contributed by atoms with Crippen LogP contribution in [0.15, 0.2) is 18.3 Å². The van der Waals surface area contributed by atoms with Gasteiger partial charge in [0, 0.05) is 17.2 Å². The molecule has 1 heterocycles. The molecule has 0 bridgehead atoms. The monoisotopic (exact) mass is 225 g/mol. The zero-order valence-corrected chi connectivity index (χ0v) is 10.3. The average molecular weight is 225 g/mol. The molecular formula is C11H19N3S. The van der Waals surface area contributed by atoms with E-state index in [4.69, 9.17) is 5.84 Å². The highest BCUT2D eigenvalue weighted by molar-refractivity contribution is 7.99. The molecule has 1 aromatic heterocycles. The van der Waals surface area contributed by atoms with E-state index in [9.17, 15) is 0 Å². The number of nitrogens with one attached hydrogen (secondary N) is 1. The molecule has 0 radical (unpaired) electrons. The van der Waals surface area contributed by atoms with Crippen molar-refractivity contribution in [3.05, 3.63) is 23.9 Å². The number of nitrogens with zero attached hydrogens (tertiary/aromatic N) is 1. The number of hydrazine groups is 1. The lowest BCUT2D eigenvalue weighted by atomic mass is 10.2. The van der Waals surface area contributed by atoms with Crippen molar-refractivity contribution in [3.8, 4) is 0 Å². The summed E-state index contributed by atoms with van der Waals surface area (Å²) in [6, 6.07) is 4.01. The molecule has 3 nitrogen and oxygen atoms in total. The molecule has 0 aliphatic carbocycles. The number of aromatic nitrogens is 1. The third kappa shape index (κ3) is 4.10. The Labute approximate surface area is 95.8 Å². The largest absolute Gasteiger partial charge is 0.308 e. The first kappa shape index (κ1) is 12.3. The van der Waals surface area contributed by atoms with Crippen LogP contribution in [0.4, 0.5) is 5.82 Å². The van der Waals surface area contributed by atoms with Crippen LogP contribution in [0.5, 0.6) is 0 Å². The van der Waals surface area contributed by atoms with Crippen molar-refractivity contribution in [1.82, 2.24) is 4.98 Å². The van der Waals surface area contributed by atoms with Gasteiger partial charge in [0.15, 0.2) is 0 Å². The SMILES string of the molecule is CC(C)C(C)SCc1ccnc(NN)c1. The summed E-state index contributed by atoms with van der Waals surface area (Å²) < 4.78 is 0. The van der Waals surface area contributed by atoms with Gasteiger partial charge in [-0.25, -0.2) is 10.8 Å². The van der Waals surface area contributed by atoms with E-state index in [1.165, 1.54) is 5.56 Å². The Bertz CT molecular complexity index is 302. The quantitative estimate of drug-likeness (QED) is 0.597. The molecule has 0 saturated carbocycles. The van der Waals surface area contributed by atoms with Gasteiger partial charge in [0.25, 0.3) is 0 Å². The number of rotatable bonds is 5. The van der Waals surface area contributed by atoms with Gasteiger partial charge in [0.2, 0.25) is 0 Å². The number of hydrogen-bond donors (Lipinski definition) is 2. The summed E-state index contributed by atoms with van der Waals surface area (Å²) >= 11 is 1.96. The van der Waals surface area contributed by atoms with Gasteiger partial charge in [-0.2, -0.15) is 11.8 Å². The van der Waals surface area contributed by atoms with Crippen molar-refractivity contribution in [3.63, 3.8) is 0 Å². The predicted octanol–water partition coefficient (Wildman–Crippen LogP) is 2.64. The van der Waals surface area contributed by atoms with Gasteiger partial charge >= 0.3 is 0 Å². The van der Waals surface area contributed by atoms with Gasteiger partial charge in [-0.3, -0.25) is 0 Å². The van der Waals surface area contributed by atoms with Gasteiger partial charge in [-0.1, -0.05) is 20.8 Å². The van der Waals surface area contributed by atoms with Gasteiger partial charge in [-0.05, 0) is 23.6 Å². The second kappa shape index (κ2) is 5.98. The number of pyridine rings is 1. The molecule has 4 heteroatoms. The van der Waals surface area contributed by atoms with Crippen LogP contribution in [0.2, 0.25) is 0 Å². The Kier molecular flexibility index (Phi) is 4.91. The molecule has 0 aliphatic rings. The fourth-order valence-corrected chi connectivity index (χ4v) is 2.08. The molecule has 1 rings (SSSR count). The molecule has 0 aromatic carbocycles. The van der Waals surface area contributed by atoms with Crippen LogP contribution in [0.3, 0.4) is 0 Å². The minimum absolute atomic E-state index is 0.674. The van der Waals surface area contributed by atoms with E-state index in [2.05, 4.69) is 31.2 Å². The standard InChI is InChI=1S/C11H19N3S/c1-8(2)9(3)15-7-10-4-5-13-11(6-10)14-12/h4-6,8-9H,7,12H2,1-3H3,(H,13,14). The van der Waals surface area contributed by atoms with Crippen LogP contribution in [-0.4, -0.2) is 10.2 Å². The Morgan fingerprint density at radius 2 is 2.20 bits per heavy atom. The lowest BCUT2D eigenvalue weighted by molar-refractivity contribution is 0.642. The van der Waals surface area contributed by atoms with Crippen LogP contribution in [-0.2, 0) is 5.75 Å². The summed E-state index contributed by atoms with van der Waals surface area (Å²) in [5.41, 5.74) is 3.82. The molecular weight excluding hydrogens is 206 g/mol. The summed E-state index contributed by atoms with van der Waals surface area (Å²) in [5.74, 6) is 7.75. The summed E-state index contributed by atoms with van der Waals surface area (Å²) in [6.45, 7) is 6.76. The first-order valence-corrected chi connectivity index (χ1v) is 6.21. The second-order valence-corrected chi connectivity index (χ2v) is 5.32. The molecule has 15 heavy (non-hydrogen) atoms. The normalized spacial score (nSPS) is 12.9. The molecule has 3 N–H and O–H groups in total. The number of hydrogen-bond acceptors (Lipinski definition) is 4. The number of thioether (sulfide) groups is 1. The lowest BCUT2D eigenvalue weighted by Crippen LogP contribution is -2.09. The van der Waals surface area contributed by atoms with E-state index in [1.54, 1.807) is 6.20 Å². The first-order chi connectivity index (χ1) is 7.13. The summed E-state index contributed by atoms with van der Waals surface area (Å²) in [5, 5.41) is 0.674. The van der Waals surface area contributed by atoms with Crippen LogP contribution < -0.4 is 11.3 Å². The fourth-order valence-electron chi connectivity index (χ4n) is 1.06. The maximum atomic E-state index is 5.30. The maximum Gasteiger partial charge on any atom is 0.140 e. The van der Waals surface area contributed by atoms with E-state index in [-0.39, 0.29) is 0 Å². The lowest BCUT2D eigenvalue weighted by Gasteiger charge is -2.14. The van der Waals surface area contributed by atoms with Crippen molar-refractivity contribution in [2.24, 2.45) is 11.8 Å². The van der Waals surface area contributed by atoms with E-state index >= 15 is 0 Å². The van der Waals surface area contributed by atoms with Gasteiger partial charge in [0.1, 0.15) is 5.82 Å².